The van der Waals surface area contributed by atoms with E-state index in [0.29, 0.717) is 0 Å². The number of nitrogens with one attached hydrogen (secondary N) is 1. The fourth-order valence-corrected chi connectivity index (χ4v) is 2.10. The summed E-state index contributed by atoms with van der Waals surface area (Å²) in [4.78, 5) is 10.8. The van der Waals surface area contributed by atoms with Gasteiger partial charge in [-0.25, -0.2) is 8.78 Å². The number of hydrogen-bond acceptors (Lipinski definition) is 2. The number of benzene rings is 2. The summed E-state index contributed by atoms with van der Waals surface area (Å²) < 4.78 is 26.9. The van der Waals surface area contributed by atoms with Crippen molar-refractivity contribution in [1.82, 2.24) is 0 Å². The van der Waals surface area contributed by atoms with Gasteiger partial charge in [-0.3, -0.25) is 4.79 Å². The summed E-state index contributed by atoms with van der Waals surface area (Å²) >= 11 is 0. The van der Waals surface area contributed by atoms with E-state index in [9.17, 15) is 13.6 Å². The average molecular weight is 290 g/mol. The molecule has 0 aliphatic rings. The van der Waals surface area contributed by atoms with Crippen LogP contribution in [0.25, 0.3) is 0 Å². The zero-order valence-electron chi connectivity index (χ0n) is 11.6. The van der Waals surface area contributed by atoms with Crippen LogP contribution in [0.3, 0.4) is 0 Å². The Labute approximate surface area is 121 Å². The van der Waals surface area contributed by atoms with Gasteiger partial charge in [-0.1, -0.05) is 24.3 Å². The van der Waals surface area contributed by atoms with E-state index >= 15 is 0 Å². The standard InChI is InChI=1S/C16H16F2N2O/c1-10(13-3-2-4-14(17)16(13)18)20-12-7-5-11(6-8-12)9-15(19)21/h2-8,10,20H,9H2,1H3,(H2,19,21). The second-order valence-electron chi connectivity index (χ2n) is 4.85. The summed E-state index contributed by atoms with van der Waals surface area (Å²) in [5, 5.41) is 3.08. The largest absolute Gasteiger partial charge is 0.378 e. The Hall–Kier alpha value is -2.43. The van der Waals surface area contributed by atoms with Crippen LogP contribution in [0.2, 0.25) is 0 Å². The van der Waals surface area contributed by atoms with Crippen molar-refractivity contribution in [3.63, 3.8) is 0 Å². The van der Waals surface area contributed by atoms with Crippen LogP contribution >= 0.6 is 0 Å². The summed E-state index contributed by atoms with van der Waals surface area (Å²) in [5.41, 5.74) is 6.93. The lowest BCUT2D eigenvalue weighted by Gasteiger charge is -2.17. The highest BCUT2D eigenvalue weighted by Crippen LogP contribution is 2.23. The minimum absolute atomic E-state index is 0.175. The molecule has 2 aromatic carbocycles. The van der Waals surface area contributed by atoms with Gasteiger partial charge < -0.3 is 11.1 Å². The molecule has 0 bridgehead atoms. The molecule has 0 fully saturated rings. The Morgan fingerprint density at radius 2 is 1.86 bits per heavy atom. The van der Waals surface area contributed by atoms with Gasteiger partial charge in [-0.15, -0.1) is 0 Å². The zero-order chi connectivity index (χ0) is 15.4. The number of primary amides is 1. The third kappa shape index (κ3) is 3.78. The van der Waals surface area contributed by atoms with Crippen molar-refractivity contribution in [3.05, 3.63) is 65.2 Å². The van der Waals surface area contributed by atoms with Crippen molar-refractivity contribution in [1.29, 1.82) is 0 Å². The highest BCUT2D eigenvalue weighted by atomic mass is 19.2. The zero-order valence-corrected chi connectivity index (χ0v) is 11.6. The third-order valence-corrected chi connectivity index (χ3v) is 3.16. The maximum atomic E-state index is 13.7. The van der Waals surface area contributed by atoms with Crippen LogP contribution in [0.5, 0.6) is 0 Å². The molecule has 3 N–H and O–H groups in total. The van der Waals surface area contributed by atoms with Crippen molar-refractivity contribution in [2.45, 2.75) is 19.4 Å². The highest BCUT2D eigenvalue weighted by Gasteiger charge is 2.14. The normalized spacial score (nSPS) is 12.0. The van der Waals surface area contributed by atoms with Crippen LogP contribution in [-0.4, -0.2) is 5.91 Å². The van der Waals surface area contributed by atoms with E-state index in [0.717, 1.165) is 17.3 Å². The van der Waals surface area contributed by atoms with Crippen molar-refractivity contribution >= 4 is 11.6 Å². The Morgan fingerprint density at radius 3 is 2.48 bits per heavy atom. The Kier molecular flexibility index (Phi) is 4.52. The molecule has 2 aromatic rings. The molecule has 21 heavy (non-hydrogen) atoms. The number of carbonyl (C=O) groups excluding carboxylic acids is 1. The van der Waals surface area contributed by atoms with Crippen LogP contribution in [-0.2, 0) is 11.2 Å². The van der Waals surface area contributed by atoms with Crippen molar-refractivity contribution in [2.75, 3.05) is 5.32 Å². The lowest BCUT2D eigenvalue weighted by atomic mass is 10.1. The minimum Gasteiger partial charge on any atom is -0.378 e. The van der Waals surface area contributed by atoms with Gasteiger partial charge in [0.15, 0.2) is 11.6 Å². The van der Waals surface area contributed by atoms with E-state index < -0.39 is 17.5 Å². The van der Waals surface area contributed by atoms with Crippen LogP contribution in [0, 0.1) is 11.6 Å². The molecule has 0 saturated carbocycles. The SMILES string of the molecule is CC(Nc1ccc(CC(N)=O)cc1)c1cccc(F)c1F. The maximum absolute atomic E-state index is 13.7. The van der Waals surface area contributed by atoms with Gasteiger partial charge in [0.05, 0.1) is 12.5 Å². The number of nitrogens with two attached hydrogens (primary N) is 1. The molecular weight excluding hydrogens is 274 g/mol. The van der Waals surface area contributed by atoms with Gasteiger partial charge >= 0.3 is 0 Å². The molecule has 1 atom stereocenters. The first-order chi connectivity index (χ1) is 9.97. The maximum Gasteiger partial charge on any atom is 0.221 e. The van der Waals surface area contributed by atoms with Crippen LogP contribution in [0.4, 0.5) is 14.5 Å². The molecule has 0 aliphatic carbocycles. The Morgan fingerprint density at radius 1 is 1.19 bits per heavy atom. The summed E-state index contributed by atoms with van der Waals surface area (Å²) in [5.74, 6) is -2.10. The van der Waals surface area contributed by atoms with E-state index in [1.165, 1.54) is 12.1 Å². The molecule has 1 unspecified atom stereocenters. The second-order valence-corrected chi connectivity index (χ2v) is 4.85. The van der Waals surface area contributed by atoms with E-state index in [2.05, 4.69) is 5.32 Å². The predicted octanol–water partition coefficient (Wildman–Crippen LogP) is 3.17. The quantitative estimate of drug-likeness (QED) is 0.888. The molecule has 1 amide bonds. The van der Waals surface area contributed by atoms with Crippen molar-refractivity contribution < 1.29 is 13.6 Å². The molecule has 110 valence electrons. The van der Waals surface area contributed by atoms with Crippen molar-refractivity contribution in [3.8, 4) is 0 Å². The Bertz CT molecular complexity index is 641. The van der Waals surface area contributed by atoms with Gasteiger partial charge in [0.1, 0.15) is 0 Å². The van der Waals surface area contributed by atoms with Gasteiger partial charge in [-0.05, 0) is 30.7 Å². The topological polar surface area (TPSA) is 55.1 Å². The van der Waals surface area contributed by atoms with Crippen LogP contribution in [0.1, 0.15) is 24.1 Å². The number of amides is 1. The molecule has 0 saturated heterocycles. The summed E-state index contributed by atoms with van der Waals surface area (Å²) in [6.07, 6.45) is 0.175. The van der Waals surface area contributed by atoms with Crippen LogP contribution < -0.4 is 11.1 Å². The first kappa shape index (κ1) is 15.0. The van der Waals surface area contributed by atoms with Gasteiger partial charge in [0.25, 0.3) is 0 Å². The fourth-order valence-electron chi connectivity index (χ4n) is 2.10. The second kappa shape index (κ2) is 6.35. The molecule has 2 rings (SSSR count). The molecule has 0 aromatic heterocycles. The monoisotopic (exact) mass is 290 g/mol. The third-order valence-electron chi connectivity index (χ3n) is 3.16. The predicted molar refractivity (Wildman–Crippen MR) is 77.7 cm³/mol. The number of rotatable bonds is 5. The molecule has 3 nitrogen and oxygen atoms in total. The molecular formula is C16H16F2N2O. The lowest BCUT2D eigenvalue weighted by Crippen LogP contribution is -2.13. The van der Waals surface area contributed by atoms with E-state index in [4.69, 9.17) is 5.73 Å². The molecule has 0 aliphatic heterocycles. The first-order valence-electron chi connectivity index (χ1n) is 6.55. The summed E-state index contributed by atoms with van der Waals surface area (Å²) in [7, 11) is 0. The smallest absolute Gasteiger partial charge is 0.221 e. The molecule has 0 spiro atoms. The van der Waals surface area contributed by atoms with Gasteiger partial charge in [0.2, 0.25) is 5.91 Å². The molecule has 0 radical (unpaired) electrons. The van der Waals surface area contributed by atoms with Gasteiger partial charge in [-0.2, -0.15) is 0 Å². The van der Waals surface area contributed by atoms with Crippen LogP contribution in [0.15, 0.2) is 42.5 Å². The van der Waals surface area contributed by atoms with E-state index in [1.807, 2.05) is 0 Å². The number of anilines is 1. The Balaban J connectivity index is 2.10. The molecule has 5 heteroatoms. The fraction of sp³-hybridized carbons (Fsp3) is 0.188. The first-order valence-corrected chi connectivity index (χ1v) is 6.55. The number of hydrogen-bond donors (Lipinski definition) is 2. The number of carbonyl (C=O) groups is 1. The summed E-state index contributed by atoms with van der Waals surface area (Å²) in [6.45, 7) is 1.75. The highest BCUT2D eigenvalue weighted by molar-refractivity contribution is 5.76. The number of halogens is 2. The minimum atomic E-state index is -0.863. The van der Waals surface area contributed by atoms with Gasteiger partial charge in [0, 0.05) is 11.3 Å². The lowest BCUT2D eigenvalue weighted by molar-refractivity contribution is -0.117. The van der Waals surface area contributed by atoms with Crippen molar-refractivity contribution in [2.24, 2.45) is 5.73 Å². The van der Waals surface area contributed by atoms with E-state index in [1.54, 1.807) is 31.2 Å². The average Bonchev–Trinajstić information content (AvgIpc) is 2.43. The summed E-state index contributed by atoms with van der Waals surface area (Å²) in [6, 6.07) is 10.8. The molecule has 0 heterocycles. The van der Waals surface area contributed by atoms with E-state index in [-0.39, 0.29) is 18.0 Å².